The molecule has 3 N–H and O–H groups in total. The van der Waals surface area contributed by atoms with Gasteiger partial charge >= 0.3 is 0 Å². The van der Waals surface area contributed by atoms with Crippen LogP contribution in [0.5, 0.6) is 5.75 Å². The van der Waals surface area contributed by atoms with E-state index >= 15 is 0 Å². The molecular weight excluding hydrogens is 397 g/mol. The number of para-hydroxylation sites is 1. The Hall–Kier alpha value is -3.86. The third kappa shape index (κ3) is 5.20. The van der Waals surface area contributed by atoms with E-state index in [0.29, 0.717) is 30.8 Å². The Bertz CT molecular complexity index is 1100. The van der Waals surface area contributed by atoms with Crippen LogP contribution in [0.3, 0.4) is 0 Å². The highest BCUT2D eigenvalue weighted by atomic mass is 19.1. The summed E-state index contributed by atoms with van der Waals surface area (Å²) in [5.74, 6) is 0.334. The van der Waals surface area contributed by atoms with Crippen LogP contribution in [0.25, 0.3) is 5.69 Å². The van der Waals surface area contributed by atoms with Crippen molar-refractivity contribution in [3.8, 4) is 17.5 Å². The van der Waals surface area contributed by atoms with E-state index in [-0.39, 0.29) is 29.7 Å². The average molecular weight is 421 g/mol. The molecule has 1 aromatic heterocycles. The minimum atomic E-state index is -0.368. The van der Waals surface area contributed by atoms with E-state index in [0.717, 1.165) is 16.9 Å². The summed E-state index contributed by atoms with van der Waals surface area (Å²) < 4.78 is 20.2. The lowest BCUT2D eigenvalue weighted by atomic mass is 10.1. The van der Waals surface area contributed by atoms with Gasteiger partial charge in [-0.1, -0.05) is 18.2 Å². The average Bonchev–Trinajstić information content (AvgIpc) is 3.06. The standard InChI is InChI=1S/C23H24FN5O2/c1-15-5-3-6-16(2)22(15)31-14-21(30)27-12-4-7-20-19(13-25)23(26)29(28-20)18-10-8-17(24)9-11-18/h3,5-6,8-11H,4,7,12,14,26H2,1-2H3,(H,27,30). The number of nitrogens with two attached hydrogens (primary N) is 1. The highest BCUT2D eigenvalue weighted by Crippen LogP contribution is 2.23. The van der Waals surface area contributed by atoms with Crippen molar-refractivity contribution in [3.63, 3.8) is 0 Å². The van der Waals surface area contributed by atoms with Gasteiger partial charge in [-0.2, -0.15) is 10.4 Å². The maximum atomic E-state index is 13.2. The van der Waals surface area contributed by atoms with Gasteiger partial charge in [0.2, 0.25) is 0 Å². The van der Waals surface area contributed by atoms with Gasteiger partial charge in [-0.25, -0.2) is 9.07 Å². The van der Waals surface area contributed by atoms with E-state index in [1.807, 2.05) is 32.0 Å². The lowest BCUT2D eigenvalue weighted by molar-refractivity contribution is -0.123. The van der Waals surface area contributed by atoms with Crippen molar-refractivity contribution in [1.29, 1.82) is 5.26 Å². The number of nitrogens with one attached hydrogen (secondary N) is 1. The molecule has 0 fully saturated rings. The van der Waals surface area contributed by atoms with E-state index in [9.17, 15) is 14.4 Å². The minimum Gasteiger partial charge on any atom is -0.483 e. The number of rotatable bonds is 8. The fraction of sp³-hybridized carbons (Fsp3) is 0.261. The normalized spacial score (nSPS) is 10.5. The van der Waals surface area contributed by atoms with Crippen molar-refractivity contribution in [2.24, 2.45) is 0 Å². The summed E-state index contributed by atoms with van der Waals surface area (Å²) >= 11 is 0. The lowest BCUT2D eigenvalue weighted by Gasteiger charge is -2.11. The van der Waals surface area contributed by atoms with Crippen molar-refractivity contribution in [2.75, 3.05) is 18.9 Å². The van der Waals surface area contributed by atoms with Gasteiger partial charge in [-0.3, -0.25) is 4.79 Å². The molecule has 160 valence electrons. The molecule has 0 spiro atoms. The first-order valence-corrected chi connectivity index (χ1v) is 9.90. The Labute approximate surface area is 180 Å². The minimum absolute atomic E-state index is 0.0682. The number of amides is 1. The smallest absolute Gasteiger partial charge is 0.257 e. The van der Waals surface area contributed by atoms with Crippen LogP contribution < -0.4 is 15.8 Å². The Morgan fingerprint density at radius 3 is 2.55 bits per heavy atom. The number of aryl methyl sites for hydroxylation is 3. The zero-order chi connectivity index (χ0) is 22.4. The molecule has 0 saturated heterocycles. The zero-order valence-corrected chi connectivity index (χ0v) is 17.5. The fourth-order valence-corrected chi connectivity index (χ4v) is 3.25. The number of hydrogen-bond donors (Lipinski definition) is 2. The zero-order valence-electron chi connectivity index (χ0n) is 17.5. The number of ether oxygens (including phenoxy) is 1. The molecular formula is C23H24FN5O2. The van der Waals surface area contributed by atoms with Gasteiger partial charge in [0.05, 0.1) is 11.4 Å². The van der Waals surface area contributed by atoms with Gasteiger partial charge < -0.3 is 15.8 Å². The Balaban J connectivity index is 1.53. The van der Waals surface area contributed by atoms with Gasteiger partial charge in [-0.15, -0.1) is 0 Å². The van der Waals surface area contributed by atoms with Gasteiger partial charge in [-0.05, 0) is 62.1 Å². The van der Waals surface area contributed by atoms with E-state index < -0.39 is 0 Å². The molecule has 2 aromatic carbocycles. The van der Waals surface area contributed by atoms with Gasteiger partial charge in [0.15, 0.2) is 6.61 Å². The van der Waals surface area contributed by atoms with Crippen molar-refractivity contribution in [1.82, 2.24) is 15.1 Å². The van der Waals surface area contributed by atoms with E-state index in [1.54, 1.807) is 12.1 Å². The number of anilines is 1. The summed E-state index contributed by atoms with van der Waals surface area (Å²) in [5, 5.41) is 16.6. The quantitative estimate of drug-likeness (QED) is 0.543. The van der Waals surface area contributed by atoms with Gasteiger partial charge in [0, 0.05) is 6.54 Å². The fourth-order valence-electron chi connectivity index (χ4n) is 3.25. The first kappa shape index (κ1) is 21.8. The molecule has 0 aliphatic heterocycles. The topological polar surface area (TPSA) is 106 Å². The second kappa shape index (κ2) is 9.76. The third-order valence-electron chi connectivity index (χ3n) is 4.85. The van der Waals surface area contributed by atoms with Crippen LogP contribution in [0.1, 0.15) is 28.8 Å². The molecule has 0 unspecified atom stereocenters. The highest BCUT2D eigenvalue weighted by Gasteiger charge is 2.16. The van der Waals surface area contributed by atoms with Crippen LogP contribution in [0.15, 0.2) is 42.5 Å². The van der Waals surface area contributed by atoms with Crippen molar-refractivity contribution in [2.45, 2.75) is 26.7 Å². The van der Waals surface area contributed by atoms with Crippen molar-refractivity contribution in [3.05, 3.63) is 70.7 Å². The third-order valence-corrected chi connectivity index (χ3v) is 4.85. The van der Waals surface area contributed by atoms with Crippen LogP contribution in [0.2, 0.25) is 0 Å². The number of benzene rings is 2. The molecule has 7 nitrogen and oxygen atoms in total. The largest absolute Gasteiger partial charge is 0.483 e. The predicted molar refractivity (Wildman–Crippen MR) is 115 cm³/mol. The molecule has 1 amide bonds. The molecule has 0 radical (unpaired) electrons. The summed E-state index contributed by atoms with van der Waals surface area (Å²) in [6.45, 7) is 4.21. The van der Waals surface area contributed by atoms with E-state index in [4.69, 9.17) is 10.5 Å². The summed E-state index contributed by atoms with van der Waals surface area (Å²) in [6, 6.07) is 13.6. The van der Waals surface area contributed by atoms with Crippen LogP contribution in [0, 0.1) is 31.0 Å². The second-order valence-electron chi connectivity index (χ2n) is 7.17. The summed E-state index contributed by atoms with van der Waals surface area (Å²) in [6.07, 6.45) is 1.03. The summed E-state index contributed by atoms with van der Waals surface area (Å²) in [5.41, 5.74) is 9.40. The number of halogens is 1. The first-order chi connectivity index (χ1) is 14.9. The van der Waals surface area contributed by atoms with Gasteiger partial charge in [0.25, 0.3) is 5.91 Å². The molecule has 8 heteroatoms. The maximum absolute atomic E-state index is 13.2. The number of nitrogens with zero attached hydrogens (tertiary/aromatic N) is 3. The highest BCUT2D eigenvalue weighted by molar-refractivity contribution is 5.77. The summed E-state index contributed by atoms with van der Waals surface area (Å²) in [4.78, 5) is 12.1. The molecule has 0 aliphatic carbocycles. The van der Waals surface area contributed by atoms with Crippen molar-refractivity contribution < 1.29 is 13.9 Å². The molecule has 0 atom stereocenters. The summed E-state index contributed by atoms with van der Waals surface area (Å²) in [7, 11) is 0. The molecule has 0 aliphatic rings. The molecule has 31 heavy (non-hydrogen) atoms. The number of nitriles is 1. The van der Waals surface area contributed by atoms with Crippen LogP contribution >= 0.6 is 0 Å². The molecule has 3 aromatic rings. The van der Waals surface area contributed by atoms with Crippen LogP contribution in [-0.2, 0) is 11.2 Å². The number of hydrogen-bond acceptors (Lipinski definition) is 5. The lowest BCUT2D eigenvalue weighted by Crippen LogP contribution is -2.30. The van der Waals surface area contributed by atoms with E-state index in [1.165, 1.54) is 16.8 Å². The molecule has 1 heterocycles. The van der Waals surface area contributed by atoms with Crippen molar-refractivity contribution >= 4 is 11.7 Å². The molecule has 0 saturated carbocycles. The number of aromatic nitrogens is 2. The maximum Gasteiger partial charge on any atom is 0.257 e. The Morgan fingerprint density at radius 2 is 1.90 bits per heavy atom. The van der Waals surface area contributed by atoms with Crippen LogP contribution in [-0.4, -0.2) is 28.8 Å². The first-order valence-electron chi connectivity index (χ1n) is 9.90. The predicted octanol–water partition coefficient (Wildman–Crippen LogP) is 3.21. The molecule has 3 rings (SSSR count). The monoisotopic (exact) mass is 421 g/mol. The number of carbonyl (C=O) groups excluding carboxylic acids is 1. The number of carbonyl (C=O) groups is 1. The Kier molecular flexibility index (Phi) is 6.88. The van der Waals surface area contributed by atoms with E-state index in [2.05, 4.69) is 16.5 Å². The van der Waals surface area contributed by atoms with Gasteiger partial charge in [0.1, 0.15) is 29.0 Å². The number of nitrogen functional groups attached to an aromatic ring is 1. The molecule has 0 bridgehead atoms. The Morgan fingerprint density at radius 1 is 1.23 bits per heavy atom. The van der Waals surface area contributed by atoms with Crippen LogP contribution in [0.4, 0.5) is 10.2 Å². The SMILES string of the molecule is Cc1cccc(C)c1OCC(=O)NCCCc1nn(-c2ccc(F)cc2)c(N)c1C#N. The second-order valence-corrected chi connectivity index (χ2v) is 7.17.